The molecule has 0 spiro atoms. The predicted octanol–water partition coefficient (Wildman–Crippen LogP) is -0.556. The van der Waals surface area contributed by atoms with Crippen molar-refractivity contribution < 1.29 is 0 Å². The van der Waals surface area contributed by atoms with E-state index in [2.05, 4.69) is 20.3 Å². The molecule has 1 aromatic rings. The second-order valence-electron chi connectivity index (χ2n) is 2.00. The van der Waals surface area contributed by atoms with Crippen LogP contribution in [0.4, 0.5) is 0 Å². The minimum absolute atomic E-state index is 0.418. The number of nitrogens with one attached hydrogen (secondary N) is 2. The van der Waals surface area contributed by atoms with Crippen LogP contribution in [0.1, 0.15) is 5.82 Å². The molecule has 1 heterocycles. The summed E-state index contributed by atoms with van der Waals surface area (Å²) < 4.78 is 0. The van der Waals surface area contributed by atoms with Crippen molar-refractivity contribution in [1.29, 1.82) is 0 Å². The van der Waals surface area contributed by atoms with Gasteiger partial charge in [-0.3, -0.25) is 4.99 Å². The summed E-state index contributed by atoms with van der Waals surface area (Å²) in [6.45, 7) is 0.580. The van der Waals surface area contributed by atoms with E-state index >= 15 is 0 Å². The van der Waals surface area contributed by atoms with Crippen LogP contribution in [0.25, 0.3) is 0 Å². The highest BCUT2D eigenvalue weighted by Crippen LogP contribution is 1.85. The number of guanidine groups is 1. The topological polar surface area (TPSA) is 79.1 Å². The first-order valence-corrected chi connectivity index (χ1v) is 3.27. The number of nitrogens with zero attached hydrogens (tertiary/aromatic N) is 2. The molecule has 1 aromatic heterocycles. The van der Waals surface area contributed by atoms with Crippen LogP contribution in [-0.2, 0) is 6.54 Å². The van der Waals surface area contributed by atoms with E-state index < -0.39 is 0 Å². The Morgan fingerprint density at radius 2 is 2.73 bits per heavy atom. The number of H-pyrrole nitrogens is 1. The molecule has 0 radical (unpaired) electrons. The molecule has 0 bridgehead atoms. The lowest BCUT2D eigenvalue weighted by Gasteiger charge is -2.00. The van der Waals surface area contributed by atoms with Gasteiger partial charge in [0, 0.05) is 19.4 Å². The summed E-state index contributed by atoms with van der Waals surface area (Å²) in [4.78, 5) is 10.7. The Kier molecular flexibility index (Phi) is 2.48. The molecular formula is C6H11N5. The van der Waals surface area contributed by atoms with Gasteiger partial charge in [0.1, 0.15) is 5.82 Å². The third-order valence-corrected chi connectivity index (χ3v) is 1.23. The van der Waals surface area contributed by atoms with E-state index in [0.29, 0.717) is 12.5 Å². The van der Waals surface area contributed by atoms with Crippen LogP contribution in [-0.4, -0.2) is 23.0 Å². The molecule has 0 unspecified atom stereocenters. The Balaban J connectivity index is 2.35. The molecule has 60 valence electrons. The van der Waals surface area contributed by atoms with Gasteiger partial charge in [0.2, 0.25) is 0 Å². The van der Waals surface area contributed by atoms with Crippen molar-refractivity contribution in [3.63, 3.8) is 0 Å². The number of hydrogen-bond acceptors (Lipinski definition) is 2. The Morgan fingerprint density at radius 1 is 1.91 bits per heavy atom. The average molecular weight is 153 g/mol. The SMILES string of the molecule is CN=C(N)NCc1ncc[nH]1. The van der Waals surface area contributed by atoms with Gasteiger partial charge in [-0.1, -0.05) is 0 Å². The third kappa shape index (κ3) is 2.29. The molecule has 0 fully saturated rings. The van der Waals surface area contributed by atoms with Gasteiger partial charge in [-0.15, -0.1) is 0 Å². The molecule has 0 amide bonds. The highest BCUT2D eigenvalue weighted by Gasteiger charge is 1.92. The Labute approximate surface area is 64.7 Å². The second kappa shape index (κ2) is 3.60. The number of imidazole rings is 1. The van der Waals surface area contributed by atoms with Crippen LogP contribution in [0.3, 0.4) is 0 Å². The summed E-state index contributed by atoms with van der Waals surface area (Å²) in [5.41, 5.74) is 5.39. The summed E-state index contributed by atoms with van der Waals surface area (Å²) >= 11 is 0. The number of aromatic amines is 1. The van der Waals surface area contributed by atoms with Gasteiger partial charge in [-0.25, -0.2) is 4.98 Å². The van der Waals surface area contributed by atoms with Gasteiger partial charge in [-0.2, -0.15) is 0 Å². The van der Waals surface area contributed by atoms with Gasteiger partial charge in [0.05, 0.1) is 6.54 Å². The van der Waals surface area contributed by atoms with Crippen LogP contribution in [0.2, 0.25) is 0 Å². The highest BCUT2D eigenvalue weighted by molar-refractivity contribution is 5.77. The van der Waals surface area contributed by atoms with Crippen LogP contribution >= 0.6 is 0 Å². The minimum atomic E-state index is 0.418. The maximum absolute atomic E-state index is 5.39. The largest absolute Gasteiger partial charge is 0.370 e. The van der Waals surface area contributed by atoms with Crippen molar-refractivity contribution >= 4 is 5.96 Å². The van der Waals surface area contributed by atoms with E-state index in [1.807, 2.05) is 0 Å². The molecule has 0 saturated carbocycles. The van der Waals surface area contributed by atoms with Crippen molar-refractivity contribution in [1.82, 2.24) is 15.3 Å². The van der Waals surface area contributed by atoms with Crippen molar-refractivity contribution in [2.45, 2.75) is 6.54 Å². The molecule has 0 atom stereocenters. The number of rotatable bonds is 2. The van der Waals surface area contributed by atoms with E-state index in [1.54, 1.807) is 19.4 Å². The van der Waals surface area contributed by atoms with Gasteiger partial charge in [0.25, 0.3) is 0 Å². The summed E-state index contributed by atoms with van der Waals surface area (Å²) in [5, 5.41) is 2.87. The number of nitrogens with two attached hydrogens (primary N) is 1. The van der Waals surface area contributed by atoms with E-state index in [0.717, 1.165) is 5.82 Å². The fraction of sp³-hybridized carbons (Fsp3) is 0.333. The van der Waals surface area contributed by atoms with Gasteiger partial charge >= 0.3 is 0 Å². The zero-order valence-corrected chi connectivity index (χ0v) is 6.33. The Bertz CT molecular complexity index is 225. The molecule has 0 aromatic carbocycles. The van der Waals surface area contributed by atoms with Gasteiger partial charge in [0.15, 0.2) is 5.96 Å². The third-order valence-electron chi connectivity index (χ3n) is 1.23. The zero-order valence-electron chi connectivity index (χ0n) is 6.33. The summed E-state index contributed by atoms with van der Waals surface area (Å²) in [6, 6.07) is 0. The molecule has 11 heavy (non-hydrogen) atoms. The molecule has 0 aliphatic rings. The second-order valence-corrected chi connectivity index (χ2v) is 2.00. The lowest BCUT2D eigenvalue weighted by molar-refractivity contribution is 0.838. The Hall–Kier alpha value is -1.52. The quantitative estimate of drug-likeness (QED) is 0.394. The van der Waals surface area contributed by atoms with Crippen LogP contribution in [0, 0.1) is 0 Å². The van der Waals surface area contributed by atoms with E-state index in [-0.39, 0.29) is 0 Å². The molecule has 0 aliphatic carbocycles. The van der Waals surface area contributed by atoms with Crippen molar-refractivity contribution in [2.75, 3.05) is 7.05 Å². The standard InChI is InChI=1S/C6H11N5/c1-8-6(7)11-4-5-9-2-3-10-5/h2-3H,4H2,1H3,(H,9,10)(H3,7,8,11). The minimum Gasteiger partial charge on any atom is -0.370 e. The molecule has 0 aliphatic heterocycles. The maximum atomic E-state index is 5.39. The fourth-order valence-electron chi connectivity index (χ4n) is 0.648. The molecule has 4 N–H and O–H groups in total. The highest BCUT2D eigenvalue weighted by atomic mass is 15.1. The molecule has 0 saturated heterocycles. The lowest BCUT2D eigenvalue weighted by Crippen LogP contribution is -2.31. The molecule has 1 rings (SSSR count). The molecule has 5 heteroatoms. The summed E-state index contributed by atoms with van der Waals surface area (Å²) in [6.07, 6.45) is 3.45. The average Bonchev–Trinajstić information content (AvgIpc) is 2.52. The molecular weight excluding hydrogens is 142 g/mol. The van der Waals surface area contributed by atoms with Gasteiger partial charge < -0.3 is 16.0 Å². The lowest BCUT2D eigenvalue weighted by atomic mass is 10.6. The monoisotopic (exact) mass is 153 g/mol. The van der Waals surface area contributed by atoms with Crippen molar-refractivity contribution in [3.8, 4) is 0 Å². The van der Waals surface area contributed by atoms with Crippen molar-refractivity contribution in [3.05, 3.63) is 18.2 Å². The number of aliphatic imine (C=N–C) groups is 1. The van der Waals surface area contributed by atoms with Crippen LogP contribution in [0.15, 0.2) is 17.4 Å². The summed E-state index contributed by atoms with van der Waals surface area (Å²) in [5.74, 6) is 1.26. The van der Waals surface area contributed by atoms with Crippen LogP contribution in [0.5, 0.6) is 0 Å². The number of aromatic nitrogens is 2. The first-order valence-electron chi connectivity index (χ1n) is 3.27. The summed E-state index contributed by atoms with van der Waals surface area (Å²) in [7, 11) is 1.63. The van der Waals surface area contributed by atoms with Crippen molar-refractivity contribution in [2.24, 2.45) is 10.7 Å². The van der Waals surface area contributed by atoms with Crippen LogP contribution < -0.4 is 11.1 Å². The first-order chi connectivity index (χ1) is 5.33. The van der Waals surface area contributed by atoms with E-state index in [4.69, 9.17) is 5.73 Å². The smallest absolute Gasteiger partial charge is 0.188 e. The zero-order chi connectivity index (χ0) is 8.10. The van der Waals surface area contributed by atoms with Gasteiger partial charge in [-0.05, 0) is 0 Å². The maximum Gasteiger partial charge on any atom is 0.188 e. The fourth-order valence-corrected chi connectivity index (χ4v) is 0.648. The van der Waals surface area contributed by atoms with E-state index in [1.165, 1.54) is 0 Å². The Morgan fingerprint density at radius 3 is 3.27 bits per heavy atom. The number of hydrogen-bond donors (Lipinski definition) is 3. The molecule has 5 nitrogen and oxygen atoms in total. The van der Waals surface area contributed by atoms with E-state index in [9.17, 15) is 0 Å². The predicted molar refractivity (Wildman–Crippen MR) is 43.0 cm³/mol. The first kappa shape index (κ1) is 7.59. The normalized spacial score (nSPS) is 11.5.